The summed E-state index contributed by atoms with van der Waals surface area (Å²) in [5, 5.41) is 0. The molecule has 2 aliphatic heterocycles. The monoisotopic (exact) mass is 435 g/mol. The van der Waals surface area contributed by atoms with E-state index in [1.165, 1.54) is 5.56 Å². The number of benzene rings is 2. The fourth-order valence-corrected chi connectivity index (χ4v) is 4.58. The maximum absolute atomic E-state index is 13.2. The molecule has 0 radical (unpaired) electrons. The third-order valence-corrected chi connectivity index (χ3v) is 6.45. The van der Waals surface area contributed by atoms with Gasteiger partial charge in [-0.2, -0.15) is 0 Å². The van der Waals surface area contributed by atoms with E-state index in [1.54, 1.807) is 9.80 Å². The summed E-state index contributed by atoms with van der Waals surface area (Å²) in [5.41, 5.74) is 4.36. The molecule has 0 aromatic heterocycles. The Balaban J connectivity index is 1.44. The molecule has 0 N–H and O–H groups in total. The lowest BCUT2D eigenvalue weighted by molar-refractivity contribution is -0.135. The van der Waals surface area contributed by atoms with Crippen LogP contribution in [-0.2, 0) is 20.9 Å². The predicted molar refractivity (Wildman–Crippen MR) is 127 cm³/mol. The van der Waals surface area contributed by atoms with Crippen LogP contribution in [0.2, 0.25) is 0 Å². The Morgan fingerprint density at radius 1 is 1.12 bits per heavy atom. The number of hydrogen-bond donors (Lipinski definition) is 0. The number of morpholine rings is 1. The zero-order chi connectivity index (χ0) is 22.7. The van der Waals surface area contributed by atoms with Crippen LogP contribution in [-0.4, -0.2) is 56.6 Å². The lowest BCUT2D eigenvalue weighted by Gasteiger charge is -2.31. The molecule has 0 spiro atoms. The summed E-state index contributed by atoms with van der Waals surface area (Å²) >= 11 is 0. The third kappa shape index (κ3) is 4.80. The summed E-state index contributed by atoms with van der Waals surface area (Å²) < 4.78 is 5.48. The van der Waals surface area contributed by atoms with Crippen LogP contribution in [0.1, 0.15) is 37.3 Å². The number of rotatable bonds is 6. The van der Waals surface area contributed by atoms with Gasteiger partial charge in [-0.25, -0.2) is 0 Å². The van der Waals surface area contributed by atoms with Crippen molar-refractivity contribution in [3.8, 4) is 0 Å². The SMILES string of the molecule is CC(C)c1cccc(N2CC(C(=O)N(C)Cc3ccccc3N3CCOCC3)CC2=O)c1. The molecule has 2 heterocycles. The summed E-state index contributed by atoms with van der Waals surface area (Å²) in [6, 6.07) is 16.3. The molecule has 32 heavy (non-hydrogen) atoms. The number of ether oxygens (including phenoxy) is 1. The first kappa shape index (κ1) is 22.3. The average Bonchev–Trinajstić information content (AvgIpc) is 3.21. The molecule has 2 saturated heterocycles. The van der Waals surface area contributed by atoms with Crippen molar-refractivity contribution in [1.82, 2.24) is 4.90 Å². The standard InChI is InChI=1S/C26H33N3O3/c1-19(2)20-8-6-9-23(15-20)29-18-22(16-25(29)30)26(31)27(3)17-21-7-4-5-10-24(21)28-11-13-32-14-12-28/h4-10,15,19,22H,11-14,16-18H2,1-3H3. The molecule has 2 aromatic rings. The highest BCUT2D eigenvalue weighted by Gasteiger charge is 2.36. The lowest BCUT2D eigenvalue weighted by Crippen LogP contribution is -2.38. The number of amides is 2. The first-order chi connectivity index (χ1) is 15.4. The van der Waals surface area contributed by atoms with Crippen LogP contribution in [0.25, 0.3) is 0 Å². The van der Waals surface area contributed by atoms with Crippen molar-refractivity contribution in [1.29, 1.82) is 0 Å². The molecule has 6 heteroatoms. The van der Waals surface area contributed by atoms with Crippen molar-refractivity contribution in [2.45, 2.75) is 32.7 Å². The third-order valence-electron chi connectivity index (χ3n) is 6.45. The van der Waals surface area contributed by atoms with Gasteiger partial charge in [0, 0.05) is 51.0 Å². The quantitative estimate of drug-likeness (QED) is 0.695. The molecule has 2 aliphatic rings. The van der Waals surface area contributed by atoms with Gasteiger partial charge in [0.15, 0.2) is 0 Å². The fraction of sp³-hybridized carbons (Fsp3) is 0.462. The highest BCUT2D eigenvalue weighted by atomic mass is 16.5. The highest BCUT2D eigenvalue weighted by molar-refractivity contribution is 6.00. The smallest absolute Gasteiger partial charge is 0.228 e. The minimum atomic E-state index is -0.314. The molecule has 170 valence electrons. The molecule has 1 unspecified atom stereocenters. The number of carbonyl (C=O) groups excluding carboxylic acids is 2. The Bertz CT molecular complexity index is 968. The van der Waals surface area contributed by atoms with E-state index in [9.17, 15) is 9.59 Å². The Morgan fingerprint density at radius 3 is 2.62 bits per heavy atom. The minimum Gasteiger partial charge on any atom is -0.378 e. The molecular weight excluding hydrogens is 402 g/mol. The maximum Gasteiger partial charge on any atom is 0.228 e. The second kappa shape index (κ2) is 9.74. The van der Waals surface area contributed by atoms with Crippen LogP contribution < -0.4 is 9.80 Å². The van der Waals surface area contributed by atoms with Gasteiger partial charge in [-0.05, 0) is 35.2 Å². The average molecular weight is 436 g/mol. The minimum absolute atomic E-state index is 0.0198. The highest BCUT2D eigenvalue weighted by Crippen LogP contribution is 2.29. The van der Waals surface area contributed by atoms with Crippen molar-refractivity contribution >= 4 is 23.2 Å². The summed E-state index contributed by atoms with van der Waals surface area (Å²) in [7, 11) is 1.84. The second-order valence-corrected chi connectivity index (χ2v) is 9.08. The van der Waals surface area contributed by atoms with E-state index in [-0.39, 0.29) is 24.2 Å². The van der Waals surface area contributed by atoms with Gasteiger partial charge >= 0.3 is 0 Å². The van der Waals surface area contributed by atoms with Crippen molar-refractivity contribution in [2.24, 2.45) is 5.92 Å². The Kier molecular flexibility index (Phi) is 6.80. The summed E-state index contributed by atoms with van der Waals surface area (Å²) in [6.45, 7) is 8.41. The van der Waals surface area contributed by atoms with E-state index >= 15 is 0 Å². The van der Waals surface area contributed by atoms with Crippen LogP contribution >= 0.6 is 0 Å². The van der Waals surface area contributed by atoms with Crippen molar-refractivity contribution in [3.63, 3.8) is 0 Å². The van der Waals surface area contributed by atoms with E-state index in [0.717, 1.165) is 43.2 Å². The van der Waals surface area contributed by atoms with Gasteiger partial charge < -0.3 is 19.4 Å². The van der Waals surface area contributed by atoms with Crippen molar-refractivity contribution in [2.75, 3.05) is 49.7 Å². The Labute approximate surface area is 190 Å². The van der Waals surface area contributed by atoms with Crippen LogP contribution in [0.3, 0.4) is 0 Å². The normalized spacial score (nSPS) is 19.0. The number of para-hydroxylation sites is 1. The fourth-order valence-electron chi connectivity index (χ4n) is 4.58. The Hall–Kier alpha value is -2.86. The molecular formula is C26H33N3O3. The summed E-state index contributed by atoms with van der Waals surface area (Å²) in [5.74, 6) is 0.123. The van der Waals surface area contributed by atoms with Crippen LogP contribution in [0.4, 0.5) is 11.4 Å². The van der Waals surface area contributed by atoms with Gasteiger partial charge in [0.05, 0.1) is 19.1 Å². The summed E-state index contributed by atoms with van der Waals surface area (Å²) in [6.07, 6.45) is 0.264. The predicted octanol–water partition coefficient (Wildman–Crippen LogP) is 3.66. The van der Waals surface area contributed by atoms with Gasteiger partial charge in [0.2, 0.25) is 11.8 Å². The molecule has 2 amide bonds. The van der Waals surface area contributed by atoms with Gasteiger partial charge in [0.25, 0.3) is 0 Å². The molecule has 0 bridgehead atoms. The first-order valence-electron chi connectivity index (χ1n) is 11.5. The van der Waals surface area contributed by atoms with Gasteiger partial charge in [-0.15, -0.1) is 0 Å². The van der Waals surface area contributed by atoms with Crippen molar-refractivity contribution < 1.29 is 14.3 Å². The van der Waals surface area contributed by atoms with Crippen molar-refractivity contribution in [3.05, 3.63) is 59.7 Å². The van der Waals surface area contributed by atoms with E-state index < -0.39 is 0 Å². The molecule has 0 saturated carbocycles. The molecule has 0 aliphatic carbocycles. The number of carbonyl (C=O) groups is 2. The van der Waals surface area contributed by atoms with E-state index in [4.69, 9.17) is 4.74 Å². The maximum atomic E-state index is 13.2. The number of anilines is 2. The molecule has 1 atom stereocenters. The largest absolute Gasteiger partial charge is 0.378 e. The molecule has 4 rings (SSSR count). The van der Waals surface area contributed by atoms with E-state index in [0.29, 0.717) is 19.0 Å². The van der Waals surface area contributed by atoms with Crippen LogP contribution in [0.15, 0.2) is 48.5 Å². The molecule has 2 aromatic carbocycles. The zero-order valence-electron chi connectivity index (χ0n) is 19.3. The topological polar surface area (TPSA) is 53.1 Å². The lowest BCUT2D eigenvalue weighted by atomic mass is 10.0. The number of nitrogens with zero attached hydrogens (tertiary/aromatic N) is 3. The van der Waals surface area contributed by atoms with E-state index in [2.05, 4.69) is 43.0 Å². The second-order valence-electron chi connectivity index (χ2n) is 9.08. The van der Waals surface area contributed by atoms with Gasteiger partial charge in [-0.1, -0.05) is 44.2 Å². The van der Waals surface area contributed by atoms with Gasteiger partial charge in [-0.3, -0.25) is 9.59 Å². The number of hydrogen-bond acceptors (Lipinski definition) is 4. The molecule has 2 fully saturated rings. The first-order valence-corrected chi connectivity index (χ1v) is 11.5. The zero-order valence-corrected chi connectivity index (χ0v) is 19.3. The van der Waals surface area contributed by atoms with Gasteiger partial charge in [0.1, 0.15) is 0 Å². The Morgan fingerprint density at radius 2 is 1.88 bits per heavy atom. The van der Waals surface area contributed by atoms with Crippen LogP contribution in [0.5, 0.6) is 0 Å². The summed E-state index contributed by atoms with van der Waals surface area (Å²) in [4.78, 5) is 31.9. The van der Waals surface area contributed by atoms with Crippen LogP contribution in [0, 0.1) is 5.92 Å². The van der Waals surface area contributed by atoms with E-state index in [1.807, 2.05) is 31.3 Å². The molecule has 6 nitrogen and oxygen atoms in total.